The van der Waals surface area contributed by atoms with Gasteiger partial charge in [0, 0.05) is 75.5 Å². The molecule has 2 amide bonds. The first-order chi connectivity index (χ1) is 19.0. The van der Waals surface area contributed by atoms with Crippen molar-refractivity contribution in [1.29, 1.82) is 0 Å². The van der Waals surface area contributed by atoms with E-state index in [9.17, 15) is 9.59 Å². The average Bonchev–Trinajstić information content (AvgIpc) is 3.00. The van der Waals surface area contributed by atoms with Crippen LogP contribution in [0.5, 0.6) is 11.5 Å². The van der Waals surface area contributed by atoms with E-state index in [0.717, 1.165) is 16.8 Å². The Hall–Kier alpha value is -4.27. The Kier molecular flexibility index (Phi) is 9.61. The molecule has 39 heavy (non-hydrogen) atoms. The third-order valence-electron chi connectivity index (χ3n) is 6.93. The van der Waals surface area contributed by atoms with Gasteiger partial charge in [0.1, 0.15) is 18.1 Å². The van der Waals surface area contributed by atoms with Gasteiger partial charge in [-0.3, -0.25) is 9.78 Å². The molecule has 9 heteroatoms. The van der Waals surface area contributed by atoms with E-state index in [4.69, 9.17) is 14.2 Å². The summed E-state index contributed by atoms with van der Waals surface area (Å²) in [5.74, 6) is 0.758. The molecule has 1 aliphatic heterocycles. The number of methoxy groups -OCH3 is 2. The largest absolute Gasteiger partial charge is 0.497 e. The fourth-order valence-corrected chi connectivity index (χ4v) is 4.64. The molecule has 206 valence electrons. The van der Waals surface area contributed by atoms with Gasteiger partial charge in [-0.25, -0.2) is 4.79 Å². The summed E-state index contributed by atoms with van der Waals surface area (Å²) in [6.07, 6.45) is 3.02. The lowest BCUT2D eigenvalue weighted by Gasteiger charge is -2.36. The maximum atomic E-state index is 13.7. The molecule has 2 aromatic carbocycles. The van der Waals surface area contributed by atoms with Gasteiger partial charge in [0.2, 0.25) is 5.91 Å². The zero-order valence-electron chi connectivity index (χ0n) is 22.8. The second-order valence-corrected chi connectivity index (χ2v) is 9.29. The highest BCUT2D eigenvalue weighted by Gasteiger charge is 2.29. The summed E-state index contributed by atoms with van der Waals surface area (Å²) in [4.78, 5) is 36.4. The lowest BCUT2D eigenvalue weighted by molar-refractivity contribution is -0.134. The summed E-state index contributed by atoms with van der Waals surface area (Å²) in [5, 5.41) is 0. The zero-order valence-corrected chi connectivity index (χ0v) is 22.8. The topological polar surface area (TPSA) is 84.4 Å². The minimum atomic E-state index is -0.595. The van der Waals surface area contributed by atoms with E-state index in [-0.39, 0.29) is 12.5 Å². The van der Waals surface area contributed by atoms with Gasteiger partial charge in [-0.1, -0.05) is 30.3 Å². The van der Waals surface area contributed by atoms with Crippen LogP contribution < -0.4 is 14.4 Å². The highest BCUT2D eigenvalue weighted by molar-refractivity contribution is 5.84. The van der Waals surface area contributed by atoms with Gasteiger partial charge in [0.05, 0.1) is 20.1 Å². The van der Waals surface area contributed by atoms with Crippen LogP contribution in [0, 0.1) is 0 Å². The van der Waals surface area contributed by atoms with Crippen molar-refractivity contribution in [2.75, 3.05) is 58.5 Å². The first-order valence-electron chi connectivity index (χ1n) is 13.1. The Bertz CT molecular complexity index is 1190. The number of ether oxygens (including phenoxy) is 3. The number of carbonyl (C=O) groups excluding carboxylic acids is 2. The molecule has 4 rings (SSSR count). The highest BCUT2D eigenvalue weighted by Crippen LogP contribution is 2.29. The van der Waals surface area contributed by atoms with Gasteiger partial charge < -0.3 is 28.9 Å². The Labute approximate surface area is 229 Å². The van der Waals surface area contributed by atoms with Crippen LogP contribution >= 0.6 is 0 Å². The normalized spacial score (nSPS) is 13.9. The number of rotatable bonds is 10. The van der Waals surface area contributed by atoms with Crippen molar-refractivity contribution in [1.82, 2.24) is 14.8 Å². The van der Waals surface area contributed by atoms with Crippen molar-refractivity contribution in [3.8, 4) is 11.5 Å². The molecule has 2 heterocycles. The number of pyridine rings is 1. The van der Waals surface area contributed by atoms with E-state index in [1.165, 1.54) is 0 Å². The first-order valence-corrected chi connectivity index (χ1v) is 13.1. The molecule has 0 radical (unpaired) electrons. The molecular weight excluding hydrogens is 496 g/mol. The smallest absolute Gasteiger partial charge is 0.409 e. The van der Waals surface area contributed by atoms with E-state index in [1.54, 1.807) is 36.4 Å². The number of carbonyl (C=O) groups is 2. The SMILES string of the molecule is CCN(Cc1ccncc1)C(=O)C(COC(=O)N1CCN(c2cc(OC)cc(OC)c2)CC1)c1ccccc1. The van der Waals surface area contributed by atoms with E-state index in [1.807, 2.05) is 67.6 Å². The number of aromatic nitrogens is 1. The molecule has 0 aliphatic carbocycles. The lowest BCUT2D eigenvalue weighted by Crippen LogP contribution is -2.49. The monoisotopic (exact) mass is 532 g/mol. The number of nitrogens with zero attached hydrogens (tertiary/aromatic N) is 4. The predicted octanol–water partition coefficient (Wildman–Crippen LogP) is 4.19. The minimum Gasteiger partial charge on any atom is -0.497 e. The molecule has 1 saturated heterocycles. The van der Waals surface area contributed by atoms with Gasteiger partial charge in [-0.05, 0) is 30.2 Å². The average molecular weight is 533 g/mol. The van der Waals surface area contributed by atoms with Crippen molar-refractivity contribution in [2.45, 2.75) is 19.4 Å². The minimum absolute atomic E-state index is 0.0260. The van der Waals surface area contributed by atoms with Crippen LogP contribution in [0.4, 0.5) is 10.5 Å². The summed E-state index contributed by atoms with van der Waals surface area (Å²) >= 11 is 0. The fourth-order valence-electron chi connectivity index (χ4n) is 4.64. The van der Waals surface area contributed by atoms with Crippen LogP contribution in [0.15, 0.2) is 73.1 Å². The maximum Gasteiger partial charge on any atom is 0.409 e. The van der Waals surface area contributed by atoms with Crippen molar-refractivity contribution in [3.05, 3.63) is 84.2 Å². The standard InChI is InChI=1S/C30H36N4O5/c1-4-32(21-23-10-12-31-13-11-23)29(35)28(24-8-6-5-7-9-24)22-39-30(36)34-16-14-33(15-17-34)25-18-26(37-2)20-27(19-25)38-3/h5-13,18-20,28H,4,14-17,21-22H2,1-3H3. The molecule has 1 aromatic heterocycles. The van der Waals surface area contributed by atoms with Crippen molar-refractivity contribution >= 4 is 17.7 Å². The quantitative estimate of drug-likeness (QED) is 0.387. The summed E-state index contributed by atoms with van der Waals surface area (Å²) in [6, 6.07) is 19.0. The van der Waals surface area contributed by atoms with Gasteiger partial charge in [0.25, 0.3) is 0 Å². The number of likely N-dealkylation sites (N-methyl/N-ethyl adjacent to an activating group) is 1. The molecular formula is C30H36N4O5. The molecule has 9 nitrogen and oxygen atoms in total. The Morgan fingerprint density at radius 2 is 1.56 bits per heavy atom. The van der Waals surface area contributed by atoms with Crippen LogP contribution in [0.2, 0.25) is 0 Å². The van der Waals surface area contributed by atoms with Crippen LogP contribution in [0.25, 0.3) is 0 Å². The second-order valence-electron chi connectivity index (χ2n) is 9.29. The number of piperazine rings is 1. The van der Waals surface area contributed by atoms with Gasteiger partial charge >= 0.3 is 6.09 Å². The molecule has 0 spiro atoms. The molecule has 1 unspecified atom stereocenters. The van der Waals surface area contributed by atoms with E-state index in [2.05, 4.69) is 9.88 Å². The van der Waals surface area contributed by atoms with E-state index in [0.29, 0.717) is 50.8 Å². The molecule has 1 aliphatic rings. The van der Waals surface area contributed by atoms with Crippen molar-refractivity contribution in [3.63, 3.8) is 0 Å². The molecule has 1 fully saturated rings. The maximum absolute atomic E-state index is 13.7. The third kappa shape index (κ3) is 7.19. The molecule has 1 atom stereocenters. The van der Waals surface area contributed by atoms with Crippen LogP contribution in [0.1, 0.15) is 24.0 Å². The first kappa shape index (κ1) is 27.8. The Balaban J connectivity index is 1.39. The molecule has 3 aromatic rings. The summed E-state index contributed by atoms with van der Waals surface area (Å²) in [7, 11) is 3.25. The number of benzene rings is 2. The fraction of sp³-hybridized carbons (Fsp3) is 0.367. The molecule has 0 bridgehead atoms. The van der Waals surface area contributed by atoms with Crippen molar-refractivity contribution < 1.29 is 23.8 Å². The van der Waals surface area contributed by atoms with Crippen molar-refractivity contribution in [2.24, 2.45) is 0 Å². The van der Waals surface area contributed by atoms with Gasteiger partial charge in [0.15, 0.2) is 0 Å². The van der Waals surface area contributed by atoms with Crippen LogP contribution in [-0.2, 0) is 16.1 Å². The third-order valence-corrected chi connectivity index (χ3v) is 6.93. The number of anilines is 1. The summed E-state index contributed by atoms with van der Waals surface area (Å²) in [6.45, 7) is 5.22. The molecule has 0 N–H and O–H groups in total. The molecule has 0 saturated carbocycles. The lowest BCUT2D eigenvalue weighted by atomic mass is 9.98. The van der Waals surface area contributed by atoms with E-state index < -0.39 is 12.0 Å². The predicted molar refractivity (Wildman–Crippen MR) is 149 cm³/mol. The second kappa shape index (κ2) is 13.5. The highest BCUT2D eigenvalue weighted by atomic mass is 16.6. The summed E-state index contributed by atoms with van der Waals surface area (Å²) in [5.41, 5.74) is 2.79. The summed E-state index contributed by atoms with van der Waals surface area (Å²) < 4.78 is 16.5. The number of amides is 2. The number of hydrogen-bond acceptors (Lipinski definition) is 7. The van der Waals surface area contributed by atoms with Gasteiger partial charge in [-0.2, -0.15) is 0 Å². The zero-order chi connectivity index (χ0) is 27.6. The van der Waals surface area contributed by atoms with Gasteiger partial charge in [-0.15, -0.1) is 0 Å². The Morgan fingerprint density at radius 3 is 2.15 bits per heavy atom. The number of hydrogen-bond donors (Lipinski definition) is 0. The Morgan fingerprint density at radius 1 is 0.923 bits per heavy atom. The van der Waals surface area contributed by atoms with E-state index >= 15 is 0 Å². The van der Waals surface area contributed by atoms with Crippen LogP contribution in [-0.4, -0.2) is 80.3 Å². The van der Waals surface area contributed by atoms with Crippen LogP contribution in [0.3, 0.4) is 0 Å².